The summed E-state index contributed by atoms with van der Waals surface area (Å²) >= 11 is 6.87. The van der Waals surface area contributed by atoms with Crippen LogP contribution in [0.15, 0.2) is 71.6 Å². The van der Waals surface area contributed by atoms with Gasteiger partial charge in [0.05, 0.1) is 11.4 Å². The van der Waals surface area contributed by atoms with Crippen molar-refractivity contribution in [1.82, 2.24) is 4.90 Å². The van der Waals surface area contributed by atoms with Gasteiger partial charge < -0.3 is 10.1 Å². The van der Waals surface area contributed by atoms with Gasteiger partial charge in [0, 0.05) is 16.3 Å². The van der Waals surface area contributed by atoms with Gasteiger partial charge in [-0.1, -0.05) is 48.0 Å². The lowest BCUT2D eigenvalue weighted by Gasteiger charge is -2.12. The van der Waals surface area contributed by atoms with Crippen molar-refractivity contribution >= 4 is 52.2 Å². The van der Waals surface area contributed by atoms with Gasteiger partial charge in [-0.3, -0.25) is 19.3 Å². The zero-order chi connectivity index (χ0) is 24.9. The van der Waals surface area contributed by atoms with Crippen molar-refractivity contribution < 1.29 is 23.5 Å². The fourth-order valence-corrected chi connectivity index (χ4v) is 4.28. The average Bonchev–Trinajstić information content (AvgIpc) is 3.09. The van der Waals surface area contributed by atoms with Crippen molar-refractivity contribution in [2.24, 2.45) is 0 Å². The van der Waals surface area contributed by atoms with E-state index in [1.165, 1.54) is 12.1 Å². The maximum absolute atomic E-state index is 13.9. The molecule has 1 aliphatic heterocycles. The Morgan fingerprint density at radius 2 is 1.86 bits per heavy atom. The van der Waals surface area contributed by atoms with Crippen molar-refractivity contribution in [1.29, 1.82) is 0 Å². The molecular weight excluding hydrogens is 491 g/mol. The molecule has 0 bridgehead atoms. The van der Waals surface area contributed by atoms with Crippen molar-refractivity contribution in [2.45, 2.75) is 13.5 Å². The van der Waals surface area contributed by atoms with Crippen molar-refractivity contribution in [3.05, 3.63) is 99.2 Å². The minimum atomic E-state index is -0.476. The summed E-state index contributed by atoms with van der Waals surface area (Å²) in [6, 6.07) is 18.0. The van der Waals surface area contributed by atoms with Crippen molar-refractivity contribution in [3.63, 3.8) is 0 Å². The maximum atomic E-state index is 13.9. The number of nitrogens with zero attached hydrogens (tertiary/aromatic N) is 1. The first kappa shape index (κ1) is 24.5. The van der Waals surface area contributed by atoms with E-state index in [2.05, 4.69) is 5.32 Å². The molecule has 0 aromatic heterocycles. The molecule has 9 heteroatoms. The van der Waals surface area contributed by atoms with Crippen LogP contribution < -0.4 is 10.1 Å². The number of rotatable bonds is 7. The zero-order valence-electron chi connectivity index (χ0n) is 18.6. The molecule has 3 aromatic carbocycles. The molecule has 35 heavy (non-hydrogen) atoms. The molecule has 3 aromatic rings. The number of thioether (sulfide) groups is 1. The summed E-state index contributed by atoms with van der Waals surface area (Å²) < 4.78 is 19.4. The number of amides is 3. The monoisotopic (exact) mass is 510 g/mol. The Balaban J connectivity index is 1.34. The number of hydrogen-bond acceptors (Lipinski definition) is 5. The van der Waals surface area contributed by atoms with E-state index in [1.807, 2.05) is 13.0 Å². The Morgan fingerprint density at radius 1 is 1.11 bits per heavy atom. The zero-order valence-corrected chi connectivity index (χ0v) is 20.2. The number of benzene rings is 3. The number of anilines is 1. The molecule has 3 amide bonds. The van der Waals surface area contributed by atoms with E-state index in [4.69, 9.17) is 16.3 Å². The number of ether oxygens (including phenoxy) is 1. The molecule has 0 saturated carbocycles. The van der Waals surface area contributed by atoms with Crippen LogP contribution in [0.5, 0.6) is 5.75 Å². The van der Waals surface area contributed by atoms with Gasteiger partial charge in [-0.25, -0.2) is 4.39 Å². The predicted octanol–water partition coefficient (Wildman–Crippen LogP) is 6.04. The lowest BCUT2D eigenvalue weighted by atomic mass is 10.2. The predicted molar refractivity (Wildman–Crippen MR) is 135 cm³/mol. The summed E-state index contributed by atoms with van der Waals surface area (Å²) in [6.45, 7) is 1.55. The van der Waals surface area contributed by atoms with Gasteiger partial charge in [-0.05, 0) is 66.2 Å². The number of hydrogen-bond donors (Lipinski definition) is 1. The normalized spacial score (nSPS) is 14.5. The highest BCUT2D eigenvalue weighted by Gasteiger charge is 2.35. The molecular formula is C26H20ClFN2O4S. The fourth-order valence-electron chi connectivity index (χ4n) is 3.26. The molecule has 0 radical (unpaired) electrons. The van der Waals surface area contributed by atoms with Gasteiger partial charge in [0.25, 0.3) is 17.1 Å². The lowest BCUT2D eigenvalue weighted by molar-refractivity contribution is -0.123. The summed E-state index contributed by atoms with van der Waals surface area (Å²) in [7, 11) is 0. The number of halogens is 2. The smallest absolute Gasteiger partial charge is 0.293 e. The van der Waals surface area contributed by atoms with E-state index in [9.17, 15) is 18.8 Å². The fraction of sp³-hybridized carbons (Fsp3) is 0.115. The molecule has 0 atom stereocenters. The average molecular weight is 511 g/mol. The number of nitrogens with one attached hydrogen (secondary N) is 1. The van der Waals surface area contributed by atoms with Crippen LogP contribution in [0.3, 0.4) is 0 Å². The van der Waals surface area contributed by atoms with Gasteiger partial charge in [-0.2, -0.15) is 0 Å². The first-order valence-electron chi connectivity index (χ1n) is 10.6. The lowest BCUT2D eigenvalue weighted by Crippen LogP contribution is -2.27. The standard InChI is InChI=1S/C26H20ClFN2O4S/c1-16-6-9-19(13-21(16)27)29-24(31)15-34-20-10-7-17(8-11-20)12-23-25(32)30(26(33)35-23)14-18-4-2-3-5-22(18)28/h2-13H,14-15H2,1H3,(H,29,31)/b23-12-. The van der Waals surface area contributed by atoms with Gasteiger partial charge in [-0.15, -0.1) is 0 Å². The Morgan fingerprint density at radius 3 is 2.57 bits per heavy atom. The van der Waals surface area contributed by atoms with Crippen LogP contribution in [0.25, 0.3) is 6.08 Å². The molecule has 1 heterocycles. The van der Waals surface area contributed by atoms with Gasteiger partial charge in [0.2, 0.25) is 0 Å². The minimum Gasteiger partial charge on any atom is -0.484 e. The third-order valence-corrected chi connectivity index (χ3v) is 6.48. The Bertz CT molecular complexity index is 1330. The SMILES string of the molecule is Cc1ccc(NC(=O)COc2ccc(/C=C3\SC(=O)N(Cc4ccccc4F)C3=O)cc2)cc1Cl. The summed E-state index contributed by atoms with van der Waals surface area (Å²) in [5.74, 6) is -0.816. The molecule has 178 valence electrons. The molecule has 6 nitrogen and oxygen atoms in total. The molecule has 1 fully saturated rings. The minimum absolute atomic E-state index is 0.127. The topological polar surface area (TPSA) is 75.7 Å². The molecule has 4 rings (SSSR count). The van der Waals surface area contributed by atoms with E-state index < -0.39 is 17.0 Å². The number of aryl methyl sites for hydroxylation is 1. The second-order valence-electron chi connectivity index (χ2n) is 7.73. The van der Waals surface area contributed by atoms with Gasteiger partial charge >= 0.3 is 0 Å². The summed E-state index contributed by atoms with van der Waals surface area (Å²) in [5, 5.41) is 2.82. The van der Waals surface area contributed by atoms with E-state index in [0.29, 0.717) is 22.0 Å². The molecule has 1 aliphatic rings. The molecule has 0 spiro atoms. The van der Waals surface area contributed by atoms with E-state index in [0.717, 1.165) is 22.2 Å². The van der Waals surface area contributed by atoms with Crippen LogP contribution in [0.2, 0.25) is 5.02 Å². The van der Waals surface area contributed by atoms with Crippen molar-refractivity contribution in [2.75, 3.05) is 11.9 Å². The molecule has 1 N–H and O–H groups in total. The van der Waals surface area contributed by atoms with E-state index in [1.54, 1.807) is 54.6 Å². The molecule has 1 saturated heterocycles. The maximum Gasteiger partial charge on any atom is 0.293 e. The molecule has 0 unspecified atom stereocenters. The number of carbonyl (C=O) groups excluding carboxylic acids is 3. The quantitative estimate of drug-likeness (QED) is 0.392. The van der Waals surface area contributed by atoms with Crippen LogP contribution >= 0.6 is 23.4 Å². The second kappa shape index (κ2) is 10.8. The summed E-state index contributed by atoms with van der Waals surface area (Å²) in [4.78, 5) is 38.4. The highest BCUT2D eigenvalue weighted by atomic mass is 35.5. The van der Waals surface area contributed by atoms with Crippen LogP contribution in [0, 0.1) is 12.7 Å². The van der Waals surface area contributed by atoms with Crippen LogP contribution in [0.1, 0.15) is 16.7 Å². The Kier molecular flexibility index (Phi) is 7.53. The van der Waals surface area contributed by atoms with E-state index in [-0.39, 0.29) is 29.5 Å². The number of carbonyl (C=O) groups is 3. The highest BCUT2D eigenvalue weighted by molar-refractivity contribution is 8.18. The third-order valence-electron chi connectivity index (χ3n) is 5.16. The van der Waals surface area contributed by atoms with E-state index >= 15 is 0 Å². The Labute approximate surface area is 210 Å². The van der Waals surface area contributed by atoms with Crippen LogP contribution in [-0.2, 0) is 16.1 Å². The van der Waals surface area contributed by atoms with Crippen molar-refractivity contribution in [3.8, 4) is 5.75 Å². The highest BCUT2D eigenvalue weighted by Crippen LogP contribution is 2.33. The summed E-state index contributed by atoms with van der Waals surface area (Å²) in [5.41, 5.74) is 2.43. The third kappa shape index (κ3) is 6.09. The first-order valence-corrected chi connectivity index (χ1v) is 11.8. The Hall–Kier alpha value is -3.62. The van der Waals surface area contributed by atoms with Crippen LogP contribution in [-0.4, -0.2) is 28.6 Å². The molecule has 0 aliphatic carbocycles. The first-order chi connectivity index (χ1) is 16.8. The largest absolute Gasteiger partial charge is 0.484 e. The van der Waals surface area contributed by atoms with Gasteiger partial charge in [0.15, 0.2) is 6.61 Å². The number of imide groups is 1. The second-order valence-corrected chi connectivity index (χ2v) is 9.13. The van der Waals surface area contributed by atoms with Gasteiger partial charge in [0.1, 0.15) is 11.6 Å². The summed E-state index contributed by atoms with van der Waals surface area (Å²) in [6.07, 6.45) is 1.59. The van der Waals surface area contributed by atoms with Crippen LogP contribution in [0.4, 0.5) is 14.9 Å².